The standard InChI is InChI=1S/C24H24N2O3S/c1-25(18-19-8-3-2-4-9-19)30(28,29)22-15-13-21(14-16-22)24(27)26-17-7-11-20-10-5-6-12-23(20)26/h2-6,8-10,12-16H,7,11,17-18H2,1H3. The predicted molar refractivity (Wildman–Crippen MR) is 118 cm³/mol. The number of rotatable bonds is 5. The lowest BCUT2D eigenvalue weighted by molar-refractivity contribution is 0.0985. The Labute approximate surface area is 177 Å². The van der Waals surface area contributed by atoms with Crippen LogP contribution in [0.4, 0.5) is 5.69 Å². The van der Waals surface area contributed by atoms with Crippen LogP contribution < -0.4 is 4.90 Å². The molecule has 1 aliphatic rings. The number of hydrogen-bond donors (Lipinski definition) is 0. The molecule has 3 aromatic rings. The molecular weight excluding hydrogens is 396 g/mol. The smallest absolute Gasteiger partial charge is 0.258 e. The summed E-state index contributed by atoms with van der Waals surface area (Å²) in [5, 5.41) is 0. The van der Waals surface area contributed by atoms with E-state index in [-0.39, 0.29) is 17.3 Å². The quantitative estimate of drug-likeness (QED) is 0.624. The van der Waals surface area contributed by atoms with Crippen molar-refractivity contribution in [3.63, 3.8) is 0 Å². The van der Waals surface area contributed by atoms with E-state index in [9.17, 15) is 13.2 Å². The van der Waals surface area contributed by atoms with Gasteiger partial charge in [-0.3, -0.25) is 4.79 Å². The fraction of sp³-hybridized carbons (Fsp3) is 0.208. The Morgan fingerprint density at radius 1 is 0.933 bits per heavy atom. The maximum Gasteiger partial charge on any atom is 0.258 e. The van der Waals surface area contributed by atoms with Gasteiger partial charge in [-0.05, 0) is 54.3 Å². The molecule has 1 heterocycles. The molecule has 0 unspecified atom stereocenters. The van der Waals surface area contributed by atoms with E-state index in [1.54, 1.807) is 24.1 Å². The lowest BCUT2D eigenvalue weighted by Gasteiger charge is -2.29. The van der Waals surface area contributed by atoms with Crippen molar-refractivity contribution in [3.05, 3.63) is 95.6 Å². The molecule has 0 fully saturated rings. The number of benzene rings is 3. The Kier molecular flexibility index (Phi) is 5.70. The summed E-state index contributed by atoms with van der Waals surface area (Å²) in [6.07, 6.45) is 1.88. The lowest BCUT2D eigenvalue weighted by atomic mass is 10.0. The monoisotopic (exact) mass is 420 g/mol. The van der Waals surface area contributed by atoms with Gasteiger partial charge in [0.2, 0.25) is 10.0 Å². The average molecular weight is 421 g/mol. The number of aryl methyl sites for hydroxylation is 1. The Bertz CT molecular complexity index is 1140. The van der Waals surface area contributed by atoms with Crippen molar-refractivity contribution in [2.75, 3.05) is 18.5 Å². The summed E-state index contributed by atoms with van der Waals surface area (Å²) in [5.41, 5.74) is 3.50. The van der Waals surface area contributed by atoms with E-state index in [1.165, 1.54) is 22.0 Å². The van der Waals surface area contributed by atoms with Gasteiger partial charge in [-0.1, -0.05) is 48.5 Å². The van der Waals surface area contributed by atoms with E-state index in [2.05, 4.69) is 0 Å². The van der Waals surface area contributed by atoms with Gasteiger partial charge in [0.25, 0.3) is 5.91 Å². The molecule has 4 rings (SSSR count). The maximum absolute atomic E-state index is 13.1. The molecule has 1 aliphatic heterocycles. The Balaban J connectivity index is 1.53. The Hall–Kier alpha value is -2.96. The number of fused-ring (bicyclic) bond motifs is 1. The Morgan fingerprint density at radius 3 is 2.33 bits per heavy atom. The number of carbonyl (C=O) groups excluding carboxylic acids is 1. The van der Waals surface area contributed by atoms with Gasteiger partial charge in [0.1, 0.15) is 0 Å². The predicted octanol–water partition coefficient (Wildman–Crippen LogP) is 4.10. The summed E-state index contributed by atoms with van der Waals surface area (Å²) in [7, 11) is -2.08. The topological polar surface area (TPSA) is 57.7 Å². The van der Waals surface area contributed by atoms with Gasteiger partial charge < -0.3 is 4.90 Å². The summed E-state index contributed by atoms with van der Waals surface area (Å²) in [5.74, 6) is -0.108. The summed E-state index contributed by atoms with van der Waals surface area (Å²) >= 11 is 0. The highest BCUT2D eigenvalue weighted by Crippen LogP contribution is 2.28. The van der Waals surface area contributed by atoms with Crippen LogP contribution in [0, 0.1) is 0 Å². The third kappa shape index (κ3) is 4.01. The van der Waals surface area contributed by atoms with Crippen LogP contribution >= 0.6 is 0 Å². The molecule has 0 saturated heterocycles. The molecule has 0 bridgehead atoms. The van der Waals surface area contributed by atoms with Crippen LogP contribution in [0.2, 0.25) is 0 Å². The van der Waals surface area contributed by atoms with Gasteiger partial charge >= 0.3 is 0 Å². The zero-order chi connectivity index (χ0) is 21.1. The van der Waals surface area contributed by atoms with E-state index in [0.29, 0.717) is 12.1 Å². The van der Waals surface area contributed by atoms with Gasteiger partial charge in [-0.25, -0.2) is 8.42 Å². The van der Waals surface area contributed by atoms with Crippen molar-refractivity contribution in [3.8, 4) is 0 Å². The minimum atomic E-state index is -3.64. The molecule has 0 spiro atoms. The van der Waals surface area contributed by atoms with E-state index in [4.69, 9.17) is 0 Å². The summed E-state index contributed by atoms with van der Waals surface area (Å²) in [6, 6.07) is 23.6. The number of para-hydroxylation sites is 1. The van der Waals surface area contributed by atoms with Crippen LogP contribution in [-0.4, -0.2) is 32.2 Å². The molecule has 154 valence electrons. The van der Waals surface area contributed by atoms with Crippen molar-refractivity contribution in [2.45, 2.75) is 24.3 Å². The zero-order valence-corrected chi connectivity index (χ0v) is 17.7. The maximum atomic E-state index is 13.1. The normalized spacial score (nSPS) is 13.9. The summed E-state index contributed by atoms with van der Waals surface area (Å²) in [4.78, 5) is 15.0. The second kappa shape index (κ2) is 8.42. The number of nitrogens with zero attached hydrogens (tertiary/aromatic N) is 2. The highest BCUT2D eigenvalue weighted by atomic mass is 32.2. The van der Waals surface area contributed by atoms with E-state index < -0.39 is 10.0 Å². The first-order valence-corrected chi connectivity index (χ1v) is 11.4. The van der Waals surface area contributed by atoms with Gasteiger partial charge in [0.05, 0.1) is 4.90 Å². The van der Waals surface area contributed by atoms with Gasteiger partial charge in [0, 0.05) is 31.4 Å². The third-order valence-electron chi connectivity index (χ3n) is 5.41. The summed E-state index contributed by atoms with van der Waals surface area (Å²) in [6.45, 7) is 0.949. The van der Waals surface area contributed by atoms with E-state index >= 15 is 0 Å². The highest BCUT2D eigenvalue weighted by Gasteiger charge is 2.25. The average Bonchev–Trinajstić information content (AvgIpc) is 2.79. The molecule has 0 radical (unpaired) electrons. The van der Waals surface area contributed by atoms with Crippen LogP contribution in [0.3, 0.4) is 0 Å². The van der Waals surface area contributed by atoms with Crippen molar-refractivity contribution in [1.82, 2.24) is 4.31 Å². The van der Waals surface area contributed by atoms with Crippen molar-refractivity contribution < 1.29 is 13.2 Å². The highest BCUT2D eigenvalue weighted by molar-refractivity contribution is 7.89. The van der Waals surface area contributed by atoms with Crippen LogP contribution in [0.5, 0.6) is 0 Å². The molecule has 0 N–H and O–H groups in total. The second-order valence-electron chi connectivity index (χ2n) is 7.46. The molecule has 0 aromatic heterocycles. The first-order valence-electron chi connectivity index (χ1n) is 9.97. The van der Waals surface area contributed by atoms with Crippen LogP contribution in [-0.2, 0) is 23.0 Å². The first-order chi connectivity index (χ1) is 14.5. The third-order valence-corrected chi connectivity index (χ3v) is 7.23. The largest absolute Gasteiger partial charge is 0.308 e. The number of carbonyl (C=O) groups is 1. The molecule has 3 aromatic carbocycles. The SMILES string of the molecule is CN(Cc1ccccc1)S(=O)(=O)c1ccc(C(=O)N2CCCc3ccccc32)cc1. The number of anilines is 1. The molecular formula is C24H24N2O3S. The molecule has 30 heavy (non-hydrogen) atoms. The van der Waals surface area contributed by atoms with Crippen LogP contribution in [0.15, 0.2) is 83.8 Å². The molecule has 0 atom stereocenters. The lowest BCUT2D eigenvalue weighted by Crippen LogP contribution is -2.35. The minimum absolute atomic E-state index is 0.108. The van der Waals surface area contributed by atoms with Gasteiger partial charge in [-0.15, -0.1) is 0 Å². The van der Waals surface area contributed by atoms with Crippen molar-refractivity contribution in [2.24, 2.45) is 0 Å². The summed E-state index contributed by atoms with van der Waals surface area (Å²) < 4.78 is 27.1. The molecule has 0 aliphatic carbocycles. The number of hydrogen-bond acceptors (Lipinski definition) is 3. The molecule has 0 saturated carbocycles. The number of amides is 1. The Morgan fingerprint density at radius 2 is 1.60 bits per heavy atom. The van der Waals surface area contributed by atoms with E-state index in [1.807, 2.05) is 54.6 Å². The number of sulfonamides is 1. The fourth-order valence-electron chi connectivity index (χ4n) is 3.78. The van der Waals surface area contributed by atoms with Crippen LogP contribution in [0.1, 0.15) is 27.9 Å². The minimum Gasteiger partial charge on any atom is -0.308 e. The van der Waals surface area contributed by atoms with Crippen LogP contribution in [0.25, 0.3) is 0 Å². The molecule has 1 amide bonds. The zero-order valence-electron chi connectivity index (χ0n) is 16.9. The van der Waals surface area contributed by atoms with Gasteiger partial charge in [0.15, 0.2) is 0 Å². The molecule has 6 heteroatoms. The molecule has 5 nitrogen and oxygen atoms in total. The fourth-order valence-corrected chi connectivity index (χ4v) is 4.93. The van der Waals surface area contributed by atoms with Gasteiger partial charge in [-0.2, -0.15) is 4.31 Å². The second-order valence-corrected chi connectivity index (χ2v) is 9.50. The van der Waals surface area contributed by atoms with Crippen molar-refractivity contribution >= 4 is 21.6 Å². The van der Waals surface area contributed by atoms with Crippen molar-refractivity contribution in [1.29, 1.82) is 0 Å². The first kappa shape index (κ1) is 20.3. The van der Waals surface area contributed by atoms with E-state index in [0.717, 1.165) is 24.1 Å².